The first kappa shape index (κ1) is 29.7. The molecule has 0 spiro atoms. The number of ether oxygens (including phenoxy) is 2. The molecule has 3 heterocycles. The number of anilines is 2. The van der Waals surface area contributed by atoms with E-state index in [1.54, 1.807) is 12.5 Å². The number of carbonyl (C=O) groups excluding carboxylic acids is 1. The fourth-order valence-electron chi connectivity index (χ4n) is 6.14. The molecule has 1 aromatic heterocycles. The molecule has 0 bridgehead atoms. The monoisotopic (exact) mass is 591 g/mol. The van der Waals surface area contributed by atoms with Gasteiger partial charge in [-0.2, -0.15) is 0 Å². The fraction of sp³-hybridized carbons (Fsp3) is 0.324. The van der Waals surface area contributed by atoms with Crippen molar-refractivity contribution in [2.45, 2.75) is 45.3 Å². The molecule has 44 heavy (non-hydrogen) atoms. The van der Waals surface area contributed by atoms with E-state index in [0.717, 1.165) is 77.6 Å². The third kappa shape index (κ3) is 7.07. The number of hydrogen-bond donors (Lipinski definition) is 1. The van der Waals surface area contributed by atoms with Gasteiger partial charge >= 0.3 is 0 Å². The molecule has 2 aliphatic heterocycles. The molecule has 0 aliphatic carbocycles. The maximum atomic E-state index is 13.7. The normalized spacial score (nSPS) is 15.4. The van der Waals surface area contributed by atoms with E-state index in [2.05, 4.69) is 58.6 Å². The summed E-state index contributed by atoms with van der Waals surface area (Å²) in [5.74, 6) is 0.775. The Morgan fingerprint density at radius 3 is 2.61 bits per heavy atom. The smallest absolute Gasteiger partial charge is 0.251 e. The lowest BCUT2D eigenvalue weighted by atomic mass is 9.99. The van der Waals surface area contributed by atoms with Crippen LogP contribution in [0, 0.1) is 0 Å². The Kier molecular flexibility index (Phi) is 9.44. The van der Waals surface area contributed by atoms with Gasteiger partial charge in [-0.25, -0.2) is 0 Å². The average Bonchev–Trinajstić information content (AvgIpc) is 3.50. The van der Waals surface area contributed by atoms with Gasteiger partial charge in [0.15, 0.2) is 0 Å². The molecule has 7 nitrogen and oxygen atoms in total. The van der Waals surface area contributed by atoms with E-state index >= 15 is 0 Å². The first-order valence-electron chi connectivity index (χ1n) is 15.6. The third-order valence-corrected chi connectivity index (χ3v) is 8.55. The number of amides is 1. The van der Waals surface area contributed by atoms with Gasteiger partial charge in [-0.05, 0) is 92.4 Å². The summed E-state index contributed by atoms with van der Waals surface area (Å²) in [5.41, 5.74) is 8.05. The zero-order chi connectivity index (χ0) is 30.3. The lowest BCUT2D eigenvalue weighted by Crippen LogP contribution is -2.36. The number of carbonyl (C=O) groups is 1. The van der Waals surface area contributed by atoms with Crippen LogP contribution in [0.25, 0.3) is 17.2 Å². The minimum atomic E-state index is -0.0756. The van der Waals surface area contributed by atoms with E-state index in [1.807, 2.05) is 49.4 Å². The van der Waals surface area contributed by atoms with Gasteiger partial charge in [0.25, 0.3) is 5.91 Å². The highest BCUT2D eigenvalue weighted by molar-refractivity contribution is 6.07. The maximum absolute atomic E-state index is 13.7. The summed E-state index contributed by atoms with van der Waals surface area (Å²) in [6, 6.07) is 25.3. The topological polar surface area (TPSA) is 67.2 Å². The highest BCUT2D eigenvalue weighted by Crippen LogP contribution is 2.36. The lowest BCUT2D eigenvalue weighted by Gasteiger charge is -2.31. The van der Waals surface area contributed by atoms with Crippen LogP contribution in [0.2, 0.25) is 0 Å². The molecular weight excluding hydrogens is 550 g/mol. The van der Waals surface area contributed by atoms with Crippen LogP contribution in [0.15, 0.2) is 95.3 Å². The van der Waals surface area contributed by atoms with Gasteiger partial charge in [-0.3, -0.25) is 9.69 Å². The van der Waals surface area contributed by atoms with Crippen LogP contribution >= 0.6 is 0 Å². The van der Waals surface area contributed by atoms with E-state index in [9.17, 15) is 4.79 Å². The molecular formula is C37H41N3O4. The molecule has 1 N–H and O–H groups in total. The van der Waals surface area contributed by atoms with E-state index in [4.69, 9.17) is 13.9 Å². The minimum absolute atomic E-state index is 0.0756. The maximum Gasteiger partial charge on any atom is 0.251 e. The van der Waals surface area contributed by atoms with Crippen molar-refractivity contribution < 1.29 is 18.7 Å². The van der Waals surface area contributed by atoms with Crippen molar-refractivity contribution in [3.05, 3.63) is 108 Å². The molecule has 6 rings (SSSR count). The van der Waals surface area contributed by atoms with E-state index in [0.29, 0.717) is 32.2 Å². The molecule has 7 heteroatoms. The van der Waals surface area contributed by atoms with Crippen molar-refractivity contribution >= 4 is 23.4 Å². The Bertz CT molecular complexity index is 1570. The summed E-state index contributed by atoms with van der Waals surface area (Å²) < 4.78 is 16.8. The summed E-state index contributed by atoms with van der Waals surface area (Å²) >= 11 is 0. The second-order valence-electron chi connectivity index (χ2n) is 11.6. The number of furan rings is 1. The number of nitrogens with one attached hydrogen (secondary N) is 1. The Morgan fingerprint density at radius 1 is 1.02 bits per heavy atom. The Balaban J connectivity index is 1.22. The van der Waals surface area contributed by atoms with Gasteiger partial charge < -0.3 is 24.1 Å². The summed E-state index contributed by atoms with van der Waals surface area (Å²) in [7, 11) is 2.18. The number of fused-ring (bicyclic) bond motifs is 1. The Morgan fingerprint density at radius 2 is 1.84 bits per heavy atom. The van der Waals surface area contributed by atoms with Crippen molar-refractivity contribution in [3.63, 3.8) is 0 Å². The van der Waals surface area contributed by atoms with Crippen LogP contribution in [0.3, 0.4) is 0 Å². The van der Waals surface area contributed by atoms with Crippen molar-refractivity contribution in [2.75, 3.05) is 43.6 Å². The number of hydrogen-bond acceptors (Lipinski definition) is 6. The van der Waals surface area contributed by atoms with Crippen LogP contribution in [0.1, 0.15) is 42.9 Å². The van der Waals surface area contributed by atoms with E-state index in [-0.39, 0.29) is 5.91 Å². The second-order valence-corrected chi connectivity index (χ2v) is 11.6. The lowest BCUT2D eigenvalue weighted by molar-refractivity contribution is -0.112. The van der Waals surface area contributed by atoms with Crippen molar-refractivity contribution in [1.29, 1.82) is 0 Å². The highest BCUT2D eigenvalue weighted by atomic mass is 16.5. The summed E-state index contributed by atoms with van der Waals surface area (Å²) in [6.45, 7) is 6.55. The van der Waals surface area contributed by atoms with Gasteiger partial charge in [0.2, 0.25) is 0 Å². The largest absolute Gasteiger partial charge is 0.493 e. The quantitative estimate of drug-likeness (QED) is 0.208. The van der Waals surface area contributed by atoms with Crippen molar-refractivity contribution in [3.8, 4) is 16.9 Å². The molecule has 3 aromatic carbocycles. The first-order chi connectivity index (χ1) is 21.6. The van der Waals surface area contributed by atoms with Crippen LogP contribution in [0.5, 0.6) is 5.75 Å². The number of rotatable bonds is 10. The molecule has 1 amide bonds. The predicted molar refractivity (Wildman–Crippen MR) is 176 cm³/mol. The third-order valence-electron chi connectivity index (χ3n) is 8.55. The fourth-order valence-corrected chi connectivity index (χ4v) is 6.14. The van der Waals surface area contributed by atoms with Gasteiger partial charge in [-0.15, -0.1) is 0 Å². The van der Waals surface area contributed by atoms with E-state index in [1.165, 1.54) is 5.56 Å². The van der Waals surface area contributed by atoms with Crippen LogP contribution in [0.4, 0.5) is 11.4 Å². The van der Waals surface area contributed by atoms with E-state index < -0.39 is 0 Å². The molecule has 0 unspecified atom stereocenters. The highest BCUT2D eigenvalue weighted by Gasteiger charge is 2.22. The molecule has 0 saturated carbocycles. The van der Waals surface area contributed by atoms with Gasteiger partial charge in [0.1, 0.15) is 5.75 Å². The second kappa shape index (κ2) is 14.0. The number of nitrogens with zero attached hydrogens (tertiary/aromatic N) is 2. The molecule has 4 aromatic rings. The van der Waals surface area contributed by atoms with Crippen molar-refractivity contribution in [1.82, 2.24) is 4.90 Å². The van der Waals surface area contributed by atoms with Gasteiger partial charge in [0, 0.05) is 67.0 Å². The van der Waals surface area contributed by atoms with Crippen LogP contribution in [-0.2, 0) is 22.6 Å². The van der Waals surface area contributed by atoms with Crippen LogP contribution in [-0.4, -0.2) is 50.3 Å². The Hall–Kier alpha value is -4.33. The summed E-state index contributed by atoms with van der Waals surface area (Å²) in [4.78, 5) is 18.4. The number of para-hydroxylation sites is 1. The Labute approximate surface area is 260 Å². The first-order valence-corrected chi connectivity index (χ1v) is 15.6. The van der Waals surface area contributed by atoms with Gasteiger partial charge in [-0.1, -0.05) is 36.4 Å². The molecule has 1 saturated heterocycles. The van der Waals surface area contributed by atoms with Gasteiger partial charge in [0.05, 0.1) is 19.1 Å². The SMILES string of the molecule is CCOc1ccccc1-c1ccc2c(c1)C=C(C(=O)Nc1ccc(CN(C)C3CCOCC3)cc1)CCN2Cc1ccoc1. The molecule has 0 atom stereocenters. The molecule has 0 radical (unpaired) electrons. The molecule has 2 aliphatic rings. The zero-order valence-electron chi connectivity index (χ0n) is 25.6. The minimum Gasteiger partial charge on any atom is -0.493 e. The zero-order valence-corrected chi connectivity index (χ0v) is 25.6. The summed E-state index contributed by atoms with van der Waals surface area (Å²) in [6.07, 6.45) is 8.30. The number of benzene rings is 3. The average molecular weight is 592 g/mol. The van der Waals surface area contributed by atoms with Crippen LogP contribution < -0.4 is 15.0 Å². The predicted octanol–water partition coefficient (Wildman–Crippen LogP) is 7.39. The molecule has 1 fully saturated rings. The summed E-state index contributed by atoms with van der Waals surface area (Å²) in [5, 5.41) is 3.16. The standard InChI is InChI=1S/C37H41N3O4/c1-3-44-36-7-5-4-6-34(36)29-10-13-35-31(22-29)23-30(14-18-40(35)25-28-15-19-43-26-28)37(41)38-32-11-8-27(9-12-32)24-39(2)33-16-20-42-21-17-33/h4-13,15,19,22-23,26,33H,3,14,16-18,20-21,24-25H2,1-2H3,(H,38,41). The molecule has 228 valence electrons. The van der Waals surface area contributed by atoms with Crippen molar-refractivity contribution in [2.24, 2.45) is 0 Å².